The second kappa shape index (κ2) is 5.34. The zero-order chi connectivity index (χ0) is 16.6. The Morgan fingerprint density at radius 2 is 1.65 bits per heavy atom. The largest absolute Gasteiger partial charge is 0.280 e. The summed E-state index contributed by atoms with van der Waals surface area (Å²) in [4.78, 5) is 46.5. The van der Waals surface area contributed by atoms with Gasteiger partial charge in [-0.3, -0.25) is 29.9 Å². The van der Waals surface area contributed by atoms with Crippen molar-refractivity contribution in [3.05, 3.63) is 75.3 Å². The summed E-state index contributed by atoms with van der Waals surface area (Å²) < 4.78 is 0. The number of benzene rings is 2. The molecule has 3 amide bonds. The van der Waals surface area contributed by atoms with Gasteiger partial charge in [0.2, 0.25) is 0 Å². The van der Waals surface area contributed by atoms with Crippen LogP contribution in [0.2, 0.25) is 0 Å². The van der Waals surface area contributed by atoms with Crippen molar-refractivity contribution in [3.63, 3.8) is 0 Å². The molecule has 1 aliphatic heterocycles. The van der Waals surface area contributed by atoms with Gasteiger partial charge in [0.1, 0.15) is 0 Å². The molecule has 0 spiro atoms. The molecule has 8 nitrogen and oxygen atoms in total. The maximum atomic E-state index is 12.2. The monoisotopic (exact) mass is 311 g/mol. The normalized spacial score (nSPS) is 13.0. The summed E-state index contributed by atoms with van der Waals surface area (Å²) in [6, 6.07) is 11.4. The molecule has 0 bridgehead atoms. The van der Waals surface area contributed by atoms with Gasteiger partial charge in [0, 0.05) is 17.7 Å². The second-order valence-electron chi connectivity index (χ2n) is 4.74. The summed E-state index contributed by atoms with van der Waals surface area (Å²) >= 11 is 0. The molecule has 0 saturated heterocycles. The number of hydrogen-bond acceptors (Lipinski definition) is 5. The van der Waals surface area contributed by atoms with Gasteiger partial charge in [-0.1, -0.05) is 18.2 Å². The summed E-state index contributed by atoms with van der Waals surface area (Å²) in [7, 11) is 0. The van der Waals surface area contributed by atoms with Gasteiger partial charge >= 0.3 is 0 Å². The van der Waals surface area contributed by atoms with Crippen LogP contribution in [-0.2, 0) is 0 Å². The smallest absolute Gasteiger partial charge is 0.267 e. The Morgan fingerprint density at radius 1 is 1.00 bits per heavy atom. The number of rotatable bonds is 3. The molecule has 8 heteroatoms. The fraction of sp³-hybridized carbons (Fsp3) is 0. The van der Waals surface area contributed by atoms with Crippen LogP contribution in [0.4, 0.5) is 5.69 Å². The first kappa shape index (κ1) is 14.4. The number of imide groups is 1. The Morgan fingerprint density at radius 3 is 2.30 bits per heavy atom. The summed E-state index contributed by atoms with van der Waals surface area (Å²) in [6.07, 6.45) is 0. The molecule has 114 valence electrons. The fourth-order valence-electron chi connectivity index (χ4n) is 2.20. The van der Waals surface area contributed by atoms with E-state index < -0.39 is 22.6 Å². The minimum atomic E-state index is -0.807. The molecule has 0 fully saturated rings. The van der Waals surface area contributed by atoms with Gasteiger partial charge in [-0.05, 0) is 18.2 Å². The standard InChI is InChI=1S/C15H9N3O5/c19-13(9-4-2-1-3-5-9)16-17-14(20)11-7-6-10(18(22)23)8-12(11)15(17)21/h1-8H,(H,16,19). The lowest BCUT2D eigenvalue weighted by atomic mass is 10.1. The predicted molar refractivity (Wildman–Crippen MR) is 77.5 cm³/mol. The molecule has 2 aromatic carbocycles. The van der Waals surface area contributed by atoms with Crippen molar-refractivity contribution in [2.45, 2.75) is 0 Å². The summed E-state index contributed by atoms with van der Waals surface area (Å²) in [6.45, 7) is 0. The molecular weight excluding hydrogens is 302 g/mol. The highest BCUT2D eigenvalue weighted by molar-refractivity contribution is 6.22. The van der Waals surface area contributed by atoms with Crippen molar-refractivity contribution in [1.82, 2.24) is 10.4 Å². The van der Waals surface area contributed by atoms with Crippen LogP contribution in [0.15, 0.2) is 48.5 Å². The number of nitrogens with zero attached hydrogens (tertiary/aromatic N) is 2. The molecule has 3 rings (SSSR count). The predicted octanol–water partition coefficient (Wildman–Crippen LogP) is 1.54. The molecule has 1 heterocycles. The van der Waals surface area contributed by atoms with E-state index in [-0.39, 0.29) is 22.4 Å². The molecule has 0 radical (unpaired) electrons. The van der Waals surface area contributed by atoms with Crippen molar-refractivity contribution < 1.29 is 19.3 Å². The van der Waals surface area contributed by atoms with Gasteiger partial charge in [-0.15, -0.1) is 0 Å². The number of nitro benzene ring substituents is 1. The van der Waals surface area contributed by atoms with Crippen LogP contribution in [0.1, 0.15) is 31.1 Å². The number of non-ortho nitro benzene ring substituents is 1. The van der Waals surface area contributed by atoms with Crippen LogP contribution < -0.4 is 5.43 Å². The molecule has 0 aliphatic carbocycles. The highest BCUT2D eigenvalue weighted by Crippen LogP contribution is 2.25. The number of fused-ring (bicyclic) bond motifs is 1. The number of hydrogen-bond donors (Lipinski definition) is 1. The maximum absolute atomic E-state index is 12.2. The molecule has 0 saturated carbocycles. The zero-order valence-corrected chi connectivity index (χ0v) is 11.6. The summed E-state index contributed by atoms with van der Waals surface area (Å²) in [5.41, 5.74) is 2.08. The van der Waals surface area contributed by atoms with E-state index in [2.05, 4.69) is 5.43 Å². The van der Waals surface area contributed by atoms with Crippen molar-refractivity contribution in [3.8, 4) is 0 Å². The topological polar surface area (TPSA) is 110 Å². The van der Waals surface area contributed by atoms with Crippen molar-refractivity contribution in [2.24, 2.45) is 0 Å². The number of nitrogens with one attached hydrogen (secondary N) is 1. The zero-order valence-electron chi connectivity index (χ0n) is 11.6. The molecule has 0 atom stereocenters. The van der Waals surface area contributed by atoms with E-state index in [1.165, 1.54) is 18.2 Å². The van der Waals surface area contributed by atoms with Gasteiger partial charge in [-0.25, -0.2) is 0 Å². The van der Waals surface area contributed by atoms with Gasteiger partial charge < -0.3 is 0 Å². The third-order valence-electron chi connectivity index (χ3n) is 3.33. The Hall–Kier alpha value is -3.55. The summed E-state index contributed by atoms with van der Waals surface area (Å²) in [5, 5.41) is 11.3. The minimum absolute atomic E-state index is 0.00830. The Labute approximate surface area is 129 Å². The fourth-order valence-corrected chi connectivity index (χ4v) is 2.20. The number of carbonyl (C=O) groups excluding carboxylic acids is 3. The highest BCUT2D eigenvalue weighted by atomic mass is 16.6. The van der Waals surface area contributed by atoms with E-state index >= 15 is 0 Å². The average molecular weight is 311 g/mol. The van der Waals surface area contributed by atoms with Gasteiger partial charge in [0.05, 0.1) is 16.1 Å². The van der Waals surface area contributed by atoms with Crippen molar-refractivity contribution >= 4 is 23.4 Å². The molecule has 0 aromatic heterocycles. The van der Waals surface area contributed by atoms with Crippen LogP contribution in [0.3, 0.4) is 0 Å². The SMILES string of the molecule is O=C(NN1C(=O)c2ccc([N+](=O)[O-])cc2C1=O)c1ccccc1. The van der Waals surface area contributed by atoms with E-state index in [4.69, 9.17) is 0 Å². The summed E-state index contributed by atoms with van der Waals surface area (Å²) in [5.74, 6) is -2.17. The van der Waals surface area contributed by atoms with E-state index in [9.17, 15) is 24.5 Å². The second-order valence-corrected chi connectivity index (χ2v) is 4.74. The first-order valence-corrected chi connectivity index (χ1v) is 6.52. The minimum Gasteiger partial charge on any atom is -0.267 e. The van der Waals surface area contributed by atoms with Crippen LogP contribution in [0.5, 0.6) is 0 Å². The lowest BCUT2D eigenvalue weighted by molar-refractivity contribution is -0.384. The molecule has 0 unspecified atom stereocenters. The van der Waals surface area contributed by atoms with Crippen molar-refractivity contribution in [2.75, 3.05) is 0 Å². The average Bonchev–Trinajstić information content (AvgIpc) is 2.80. The third-order valence-corrected chi connectivity index (χ3v) is 3.33. The number of hydrazine groups is 1. The molecular formula is C15H9N3O5. The first-order valence-electron chi connectivity index (χ1n) is 6.52. The van der Waals surface area contributed by atoms with Crippen LogP contribution in [0.25, 0.3) is 0 Å². The van der Waals surface area contributed by atoms with Gasteiger partial charge in [0.15, 0.2) is 0 Å². The quantitative estimate of drug-likeness (QED) is 0.525. The first-order chi connectivity index (χ1) is 11.0. The number of nitro groups is 1. The van der Waals surface area contributed by atoms with E-state index in [0.717, 1.165) is 12.1 Å². The third kappa shape index (κ3) is 2.42. The Bertz CT molecular complexity index is 847. The Balaban J connectivity index is 1.88. The lowest BCUT2D eigenvalue weighted by Crippen LogP contribution is -2.45. The van der Waals surface area contributed by atoms with Crippen molar-refractivity contribution in [1.29, 1.82) is 0 Å². The van der Waals surface area contributed by atoms with Crippen LogP contribution >= 0.6 is 0 Å². The van der Waals surface area contributed by atoms with Crippen LogP contribution in [-0.4, -0.2) is 27.7 Å². The molecule has 2 aromatic rings. The molecule has 1 aliphatic rings. The van der Waals surface area contributed by atoms with Gasteiger partial charge in [-0.2, -0.15) is 5.01 Å². The highest BCUT2D eigenvalue weighted by Gasteiger charge is 2.38. The van der Waals surface area contributed by atoms with E-state index in [1.54, 1.807) is 18.2 Å². The Kier molecular flexibility index (Phi) is 3.34. The van der Waals surface area contributed by atoms with E-state index in [1.807, 2.05) is 0 Å². The maximum Gasteiger partial charge on any atom is 0.280 e. The number of amides is 3. The number of carbonyl (C=O) groups is 3. The lowest BCUT2D eigenvalue weighted by Gasteiger charge is -2.14. The molecule has 1 N–H and O–H groups in total. The molecule has 23 heavy (non-hydrogen) atoms. The van der Waals surface area contributed by atoms with Gasteiger partial charge in [0.25, 0.3) is 23.4 Å². The van der Waals surface area contributed by atoms with E-state index in [0.29, 0.717) is 5.01 Å². The van der Waals surface area contributed by atoms with Crippen LogP contribution in [0, 0.1) is 10.1 Å².